The van der Waals surface area contributed by atoms with E-state index in [1.165, 1.54) is 10.2 Å². The van der Waals surface area contributed by atoms with E-state index in [9.17, 15) is 9.59 Å². The molecule has 3 aromatic rings. The third kappa shape index (κ3) is 5.32. The van der Waals surface area contributed by atoms with Crippen molar-refractivity contribution < 1.29 is 9.59 Å². The second-order valence-electron chi connectivity index (χ2n) is 6.39. The van der Waals surface area contributed by atoms with Gasteiger partial charge in [-0.25, -0.2) is 4.68 Å². The van der Waals surface area contributed by atoms with Crippen LogP contribution in [0, 0.1) is 0 Å². The highest BCUT2D eigenvalue weighted by Crippen LogP contribution is 2.12. The maximum absolute atomic E-state index is 12.3. The molecular formula is C20H21ClN6O2. The molecule has 0 fully saturated rings. The van der Waals surface area contributed by atoms with E-state index in [1.807, 2.05) is 24.3 Å². The number of anilines is 2. The van der Waals surface area contributed by atoms with Gasteiger partial charge in [0.1, 0.15) is 6.54 Å². The molecule has 0 bridgehead atoms. The van der Waals surface area contributed by atoms with E-state index in [4.69, 9.17) is 17.3 Å². The van der Waals surface area contributed by atoms with Crippen molar-refractivity contribution in [3.05, 3.63) is 70.4 Å². The molecule has 0 saturated carbocycles. The van der Waals surface area contributed by atoms with Gasteiger partial charge in [-0.05, 0) is 41.8 Å². The minimum atomic E-state index is -0.473. The van der Waals surface area contributed by atoms with Crippen molar-refractivity contribution in [2.45, 2.75) is 26.4 Å². The SMILES string of the molecule is CCc1ccc(NC(=O)Cn2nnc(C(=O)NCc3ccc(Cl)cc3)c2N)cc1. The maximum atomic E-state index is 12.3. The zero-order valence-electron chi connectivity index (χ0n) is 15.9. The predicted molar refractivity (Wildman–Crippen MR) is 112 cm³/mol. The fourth-order valence-electron chi connectivity index (χ4n) is 2.63. The van der Waals surface area contributed by atoms with Crippen molar-refractivity contribution in [1.29, 1.82) is 0 Å². The summed E-state index contributed by atoms with van der Waals surface area (Å²) in [6, 6.07) is 14.6. The number of nitrogen functional groups attached to an aromatic ring is 1. The monoisotopic (exact) mass is 412 g/mol. The van der Waals surface area contributed by atoms with Crippen LogP contribution in [0.5, 0.6) is 0 Å². The number of hydrogen-bond acceptors (Lipinski definition) is 5. The molecule has 0 unspecified atom stereocenters. The Kier molecular flexibility index (Phi) is 6.46. The van der Waals surface area contributed by atoms with Gasteiger partial charge in [0.2, 0.25) is 5.91 Å². The van der Waals surface area contributed by atoms with Crippen molar-refractivity contribution in [3.63, 3.8) is 0 Å². The van der Waals surface area contributed by atoms with Gasteiger partial charge >= 0.3 is 0 Å². The first kappa shape index (κ1) is 20.3. The number of carbonyl (C=O) groups is 2. The molecule has 0 atom stereocenters. The summed E-state index contributed by atoms with van der Waals surface area (Å²) in [4.78, 5) is 24.6. The van der Waals surface area contributed by atoms with Gasteiger partial charge in [-0.3, -0.25) is 9.59 Å². The number of amides is 2. The van der Waals surface area contributed by atoms with Gasteiger partial charge in [0, 0.05) is 17.3 Å². The van der Waals surface area contributed by atoms with E-state index in [2.05, 4.69) is 27.9 Å². The molecule has 1 aromatic heterocycles. The minimum absolute atomic E-state index is 0.0232. The molecule has 0 spiro atoms. The first-order valence-corrected chi connectivity index (χ1v) is 9.44. The summed E-state index contributed by atoms with van der Waals surface area (Å²) in [5.41, 5.74) is 8.65. The number of nitrogens with zero attached hydrogens (tertiary/aromatic N) is 3. The Morgan fingerprint density at radius 1 is 1.07 bits per heavy atom. The van der Waals surface area contributed by atoms with E-state index in [0.29, 0.717) is 10.7 Å². The van der Waals surface area contributed by atoms with Crippen LogP contribution in [-0.4, -0.2) is 26.8 Å². The van der Waals surface area contributed by atoms with Crippen LogP contribution in [0.3, 0.4) is 0 Å². The van der Waals surface area contributed by atoms with Crippen LogP contribution in [0.4, 0.5) is 11.5 Å². The number of rotatable bonds is 7. The number of aryl methyl sites for hydroxylation is 1. The summed E-state index contributed by atoms with van der Waals surface area (Å²) in [5, 5.41) is 13.7. The lowest BCUT2D eigenvalue weighted by atomic mass is 10.1. The maximum Gasteiger partial charge on any atom is 0.275 e. The average Bonchev–Trinajstić information content (AvgIpc) is 3.08. The summed E-state index contributed by atoms with van der Waals surface area (Å²) in [6.45, 7) is 2.19. The number of aromatic nitrogens is 3. The van der Waals surface area contributed by atoms with E-state index in [-0.39, 0.29) is 30.5 Å². The van der Waals surface area contributed by atoms with Crippen LogP contribution in [0.15, 0.2) is 48.5 Å². The fraction of sp³-hybridized carbons (Fsp3) is 0.200. The average molecular weight is 413 g/mol. The Labute approximate surface area is 173 Å². The van der Waals surface area contributed by atoms with E-state index >= 15 is 0 Å². The molecule has 4 N–H and O–H groups in total. The zero-order valence-corrected chi connectivity index (χ0v) is 16.6. The topological polar surface area (TPSA) is 115 Å². The molecular weight excluding hydrogens is 392 g/mol. The summed E-state index contributed by atoms with van der Waals surface area (Å²) < 4.78 is 1.19. The van der Waals surface area contributed by atoms with Crippen LogP contribution in [-0.2, 0) is 24.3 Å². The fourth-order valence-corrected chi connectivity index (χ4v) is 2.75. The van der Waals surface area contributed by atoms with E-state index in [1.54, 1.807) is 24.3 Å². The van der Waals surface area contributed by atoms with Crippen LogP contribution < -0.4 is 16.4 Å². The minimum Gasteiger partial charge on any atom is -0.382 e. The van der Waals surface area contributed by atoms with Gasteiger partial charge in [0.25, 0.3) is 5.91 Å². The molecule has 9 heteroatoms. The molecule has 2 aromatic carbocycles. The summed E-state index contributed by atoms with van der Waals surface area (Å²) in [7, 11) is 0. The lowest BCUT2D eigenvalue weighted by Gasteiger charge is -2.07. The Hall–Kier alpha value is -3.39. The molecule has 2 amide bonds. The highest BCUT2D eigenvalue weighted by Gasteiger charge is 2.18. The Bertz CT molecular complexity index is 999. The number of halogens is 1. The van der Waals surface area contributed by atoms with Crippen molar-refractivity contribution in [3.8, 4) is 0 Å². The van der Waals surface area contributed by atoms with Gasteiger partial charge in [-0.15, -0.1) is 5.10 Å². The van der Waals surface area contributed by atoms with Crippen molar-refractivity contribution in [2.75, 3.05) is 11.1 Å². The quantitative estimate of drug-likeness (QED) is 0.551. The Morgan fingerprint density at radius 2 is 1.72 bits per heavy atom. The number of benzene rings is 2. The zero-order chi connectivity index (χ0) is 20.8. The van der Waals surface area contributed by atoms with Crippen molar-refractivity contribution >= 4 is 34.9 Å². The normalized spacial score (nSPS) is 10.6. The van der Waals surface area contributed by atoms with Gasteiger partial charge in [-0.2, -0.15) is 0 Å². The Balaban J connectivity index is 1.58. The largest absolute Gasteiger partial charge is 0.382 e. The van der Waals surface area contributed by atoms with Crippen LogP contribution in [0.1, 0.15) is 28.5 Å². The predicted octanol–water partition coefficient (Wildman–Crippen LogP) is 2.64. The molecule has 150 valence electrons. The third-order valence-electron chi connectivity index (χ3n) is 4.29. The second kappa shape index (κ2) is 9.20. The summed E-state index contributed by atoms with van der Waals surface area (Å²) in [6.07, 6.45) is 0.923. The third-order valence-corrected chi connectivity index (χ3v) is 4.55. The van der Waals surface area contributed by atoms with Crippen LogP contribution in [0.2, 0.25) is 5.02 Å². The smallest absolute Gasteiger partial charge is 0.275 e. The number of hydrogen-bond donors (Lipinski definition) is 3. The Morgan fingerprint density at radius 3 is 2.38 bits per heavy atom. The first-order valence-electron chi connectivity index (χ1n) is 9.06. The lowest BCUT2D eigenvalue weighted by Crippen LogP contribution is -2.25. The highest BCUT2D eigenvalue weighted by molar-refractivity contribution is 6.30. The number of carbonyl (C=O) groups excluding carboxylic acids is 2. The number of nitrogens with one attached hydrogen (secondary N) is 2. The molecule has 8 nitrogen and oxygen atoms in total. The molecule has 29 heavy (non-hydrogen) atoms. The van der Waals surface area contributed by atoms with Gasteiger partial charge in [0.05, 0.1) is 0 Å². The summed E-state index contributed by atoms with van der Waals surface area (Å²) in [5.74, 6) is -0.770. The molecule has 1 heterocycles. The van der Waals surface area contributed by atoms with Crippen molar-refractivity contribution in [1.82, 2.24) is 20.3 Å². The molecule has 0 saturated heterocycles. The standard InChI is InChI=1S/C20H21ClN6O2/c1-2-13-5-9-16(10-6-13)24-17(28)12-27-19(22)18(25-26-27)20(29)23-11-14-3-7-15(21)8-4-14/h3-10H,2,11-12,22H2,1H3,(H,23,29)(H,24,28). The first-order chi connectivity index (χ1) is 14.0. The number of nitrogens with two attached hydrogens (primary N) is 1. The molecule has 0 aliphatic carbocycles. The van der Waals surface area contributed by atoms with Gasteiger partial charge in [0.15, 0.2) is 11.5 Å². The van der Waals surface area contributed by atoms with Gasteiger partial charge < -0.3 is 16.4 Å². The second-order valence-corrected chi connectivity index (χ2v) is 6.83. The molecule has 3 rings (SSSR count). The van der Waals surface area contributed by atoms with Crippen LogP contribution in [0.25, 0.3) is 0 Å². The van der Waals surface area contributed by atoms with Gasteiger partial charge in [-0.1, -0.05) is 48.0 Å². The molecule has 0 radical (unpaired) electrons. The lowest BCUT2D eigenvalue weighted by molar-refractivity contribution is -0.116. The molecule has 0 aliphatic rings. The molecule has 0 aliphatic heterocycles. The summed E-state index contributed by atoms with van der Waals surface area (Å²) >= 11 is 5.84. The van der Waals surface area contributed by atoms with Crippen molar-refractivity contribution in [2.24, 2.45) is 0 Å². The van der Waals surface area contributed by atoms with E-state index in [0.717, 1.165) is 12.0 Å². The van der Waals surface area contributed by atoms with E-state index < -0.39 is 5.91 Å². The van der Waals surface area contributed by atoms with Crippen LogP contribution >= 0.6 is 11.6 Å². The highest BCUT2D eigenvalue weighted by atomic mass is 35.5.